The second kappa shape index (κ2) is 6.11. The van der Waals surface area contributed by atoms with Gasteiger partial charge in [-0.05, 0) is 11.6 Å². The minimum Gasteiger partial charge on any atom is -0.469 e. The van der Waals surface area contributed by atoms with Gasteiger partial charge in [0.05, 0.1) is 24.0 Å². The van der Waals surface area contributed by atoms with Gasteiger partial charge < -0.3 is 4.74 Å². The van der Waals surface area contributed by atoms with E-state index in [-0.39, 0.29) is 12.1 Å². The predicted octanol–water partition coefficient (Wildman–Crippen LogP) is 2.97. The molecule has 0 saturated carbocycles. The van der Waals surface area contributed by atoms with E-state index in [1.165, 1.54) is 13.2 Å². The molecule has 7 heteroatoms. The molecule has 0 saturated heterocycles. The van der Waals surface area contributed by atoms with E-state index in [9.17, 15) is 14.9 Å². The molecular formula is C10H9Br2NO4. The van der Waals surface area contributed by atoms with Gasteiger partial charge in [-0.2, -0.15) is 0 Å². The third-order valence-electron chi connectivity index (χ3n) is 2.13. The van der Waals surface area contributed by atoms with Crippen LogP contribution in [0.5, 0.6) is 0 Å². The van der Waals surface area contributed by atoms with Gasteiger partial charge in [0.1, 0.15) is 0 Å². The molecular weight excluding hydrogens is 358 g/mol. The van der Waals surface area contributed by atoms with Gasteiger partial charge in [0.2, 0.25) is 0 Å². The fraction of sp³-hybridized carbons (Fsp3) is 0.300. The van der Waals surface area contributed by atoms with E-state index in [0.717, 1.165) is 5.56 Å². The van der Waals surface area contributed by atoms with Gasteiger partial charge in [-0.15, -0.1) is 0 Å². The molecule has 17 heavy (non-hydrogen) atoms. The summed E-state index contributed by atoms with van der Waals surface area (Å²) in [5.41, 5.74) is 1.00. The maximum atomic E-state index is 11.2. The lowest BCUT2D eigenvalue weighted by molar-refractivity contribution is -0.385. The van der Waals surface area contributed by atoms with Crippen LogP contribution in [-0.4, -0.2) is 18.0 Å². The molecule has 0 aliphatic rings. The van der Waals surface area contributed by atoms with Gasteiger partial charge in [0.25, 0.3) is 5.69 Å². The van der Waals surface area contributed by atoms with Crippen molar-refractivity contribution in [2.75, 3.05) is 7.11 Å². The highest BCUT2D eigenvalue weighted by molar-refractivity contribution is 9.10. The van der Waals surface area contributed by atoms with E-state index < -0.39 is 10.9 Å². The number of rotatable bonds is 4. The van der Waals surface area contributed by atoms with Crippen molar-refractivity contribution in [3.05, 3.63) is 37.8 Å². The molecule has 0 aliphatic carbocycles. The fourth-order valence-corrected chi connectivity index (χ4v) is 2.27. The van der Waals surface area contributed by atoms with Crippen molar-refractivity contribution in [2.45, 2.75) is 11.8 Å². The molecule has 0 aromatic heterocycles. The SMILES string of the molecule is COC(=O)Cc1c(Br)cc(CBr)cc1[N+](=O)[O-]. The highest BCUT2D eigenvalue weighted by Crippen LogP contribution is 2.30. The third-order valence-corrected chi connectivity index (χ3v) is 3.49. The zero-order valence-corrected chi connectivity index (χ0v) is 12.1. The topological polar surface area (TPSA) is 69.4 Å². The Labute approximate surface area is 115 Å². The molecule has 0 radical (unpaired) electrons. The standard InChI is InChI=1S/C10H9Br2NO4/c1-17-10(14)4-7-8(12)2-6(5-11)3-9(7)13(15)16/h2-3H,4-5H2,1H3. The van der Waals surface area contributed by atoms with Crippen LogP contribution in [0.4, 0.5) is 5.69 Å². The lowest BCUT2D eigenvalue weighted by Gasteiger charge is -2.06. The summed E-state index contributed by atoms with van der Waals surface area (Å²) >= 11 is 6.46. The number of alkyl halides is 1. The molecule has 0 spiro atoms. The number of nitro benzene ring substituents is 1. The number of hydrogen-bond donors (Lipinski definition) is 0. The quantitative estimate of drug-likeness (QED) is 0.355. The van der Waals surface area contributed by atoms with Crippen LogP contribution in [0.3, 0.4) is 0 Å². The van der Waals surface area contributed by atoms with Gasteiger partial charge >= 0.3 is 5.97 Å². The number of nitrogens with zero attached hydrogens (tertiary/aromatic N) is 1. The normalized spacial score (nSPS) is 10.1. The Balaban J connectivity index is 3.26. The van der Waals surface area contributed by atoms with Crippen LogP contribution < -0.4 is 0 Å². The van der Waals surface area contributed by atoms with E-state index in [1.807, 2.05) is 0 Å². The first-order chi connectivity index (χ1) is 7.99. The van der Waals surface area contributed by atoms with E-state index in [0.29, 0.717) is 15.4 Å². The Kier molecular flexibility index (Phi) is 5.07. The molecule has 0 bridgehead atoms. The first-order valence-corrected chi connectivity index (χ1v) is 6.49. The molecule has 5 nitrogen and oxygen atoms in total. The van der Waals surface area contributed by atoms with E-state index in [1.54, 1.807) is 6.07 Å². The molecule has 1 aromatic rings. The van der Waals surface area contributed by atoms with Crippen LogP contribution >= 0.6 is 31.9 Å². The molecule has 0 atom stereocenters. The molecule has 0 N–H and O–H groups in total. The molecule has 1 aromatic carbocycles. The summed E-state index contributed by atoms with van der Waals surface area (Å²) in [6.07, 6.45) is -0.129. The molecule has 1 rings (SSSR count). The van der Waals surface area contributed by atoms with Crippen LogP contribution in [0.2, 0.25) is 0 Å². The number of methoxy groups -OCH3 is 1. The number of halogens is 2. The van der Waals surface area contributed by atoms with Crippen molar-refractivity contribution in [2.24, 2.45) is 0 Å². The van der Waals surface area contributed by atoms with Gasteiger partial charge in [-0.3, -0.25) is 14.9 Å². The zero-order valence-electron chi connectivity index (χ0n) is 8.91. The first kappa shape index (κ1) is 14.1. The molecule has 92 valence electrons. The Morgan fingerprint density at radius 2 is 2.18 bits per heavy atom. The summed E-state index contributed by atoms with van der Waals surface area (Å²) in [5.74, 6) is -0.514. The number of nitro groups is 1. The highest BCUT2D eigenvalue weighted by atomic mass is 79.9. The van der Waals surface area contributed by atoms with E-state index >= 15 is 0 Å². The number of hydrogen-bond acceptors (Lipinski definition) is 4. The van der Waals surface area contributed by atoms with Gasteiger partial charge in [-0.25, -0.2) is 0 Å². The Morgan fingerprint density at radius 1 is 1.53 bits per heavy atom. The molecule has 0 aliphatic heterocycles. The van der Waals surface area contributed by atoms with Crippen molar-refractivity contribution in [3.63, 3.8) is 0 Å². The maximum Gasteiger partial charge on any atom is 0.310 e. The van der Waals surface area contributed by atoms with Crippen LogP contribution in [0, 0.1) is 10.1 Å². The van der Waals surface area contributed by atoms with Crippen molar-refractivity contribution < 1.29 is 14.5 Å². The lowest BCUT2D eigenvalue weighted by atomic mass is 10.1. The van der Waals surface area contributed by atoms with Crippen molar-refractivity contribution in [3.8, 4) is 0 Å². The molecule has 0 amide bonds. The Hall–Kier alpha value is -0.950. The third kappa shape index (κ3) is 3.50. The monoisotopic (exact) mass is 365 g/mol. The average Bonchev–Trinajstić information content (AvgIpc) is 2.30. The van der Waals surface area contributed by atoms with Crippen molar-refractivity contribution in [1.29, 1.82) is 0 Å². The number of ether oxygens (including phenoxy) is 1. The average molecular weight is 367 g/mol. The lowest BCUT2D eigenvalue weighted by Crippen LogP contribution is -2.08. The minimum absolute atomic E-state index is 0.0841. The summed E-state index contributed by atoms with van der Waals surface area (Å²) in [5, 5.41) is 11.4. The predicted molar refractivity (Wildman–Crippen MR) is 69.1 cm³/mol. The van der Waals surface area contributed by atoms with Crippen LogP contribution in [0.25, 0.3) is 0 Å². The van der Waals surface area contributed by atoms with E-state index in [4.69, 9.17) is 0 Å². The maximum absolute atomic E-state index is 11.2. The summed E-state index contributed by atoms with van der Waals surface area (Å²) in [6.45, 7) is 0. The summed E-state index contributed by atoms with van der Waals surface area (Å²) in [4.78, 5) is 21.6. The van der Waals surface area contributed by atoms with Crippen molar-refractivity contribution >= 4 is 43.5 Å². The Bertz CT molecular complexity index is 462. The minimum atomic E-state index is -0.514. The summed E-state index contributed by atoms with van der Waals surface area (Å²) in [6, 6.07) is 3.18. The van der Waals surface area contributed by atoms with Crippen molar-refractivity contribution in [1.82, 2.24) is 0 Å². The second-order valence-corrected chi connectivity index (χ2v) is 4.63. The number of esters is 1. The molecule has 0 fully saturated rings. The molecule has 0 heterocycles. The largest absolute Gasteiger partial charge is 0.469 e. The highest BCUT2D eigenvalue weighted by Gasteiger charge is 2.21. The second-order valence-electron chi connectivity index (χ2n) is 3.22. The number of benzene rings is 1. The number of carbonyl (C=O) groups excluding carboxylic acids is 1. The van der Waals surface area contributed by atoms with E-state index in [2.05, 4.69) is 36.6 Å². The molecule has 0 unspecified atom stereocenters. The smallest absolute Gasteiger partial charge is 0.310 e. The van der Waals surface area contributed by atoms with Crippen LogP contribution in [0.1, 0.15) is 11.1 Å². The Morgan fingerprint density at radius 3 is 2.65 bits per heavy atom. The van der Waals surface area contributed by atoms with Crippen LogP contribution in [-0.2, 0) is 21.3 Å². The van der Waals surface area contributed by atoms with Gasteiger partial charge in [0.15, 0.2) is 0 Å². The van der Waals surface area contributed by atoms with Gasteiger partial charge in [0, 0.05) is 15.9 Å². The summed E-state index contributed by atoms with van der Waals surface area (Å²) in [7, 11) is 1.24. The fourth-order valence-electron chi connectivity index (χ4n) is 1.31. The number of carbonyl (C=O) groups is 1. The first-order valence-electron chi connectivity index (χ1n) is 4.58. The van der Waals surface area contributed by atoms with Crippen LogP contribution in [0.15, 0.2) is 16.6 Å². The summed E-state index contributed by atoms with van der Waals surface area (Å²) < 4.78 is 5.04. The van der Waals surface area contributed by atoms with Gasteiger partial charge in [-0.1, -0.05) is 31.9 Å². The zero-order chi connectivity index (χ0) is 13.0.